The summed E-state index contributed by atoms with van der Waals surface area (Å²) in [6.45, 7) is 2.97. The molecular weight excluding hydrogens is 371 g/mol. The number of anilines is 1. The summed E-state index contributed by atoms with van der Waals surface area (Å²) in [6.07, 6.45) is 1.75. The minimum atomic E-state index is -0.288. The molecule has 1 fully saturated rings. The lowest BCUT2D eigenvalue weighted by atomic mass is 9.93. The van der Waals surface area contributed by atoms with E-state index in [2.05, 4.69) is 5.32 Å². The molecule has 1 heterocycles. The number of halogens is 1. The summed E-state index contributed by atoms with van der Waals surface area (Å²) in [4.78, 5) is 27.2. The summed E-state index contributed by atoms with van der Waals surface area (Å²) in [7, 11) is 1.57. The Morgan fingerprint density at radius 3 is 2.59 bits per heavy atom. The van der Waals surface area contributed by atoms with Crippen molar-refractivity contribution >= 4 is 17.5 Å². The third-order valence-electron chi connectivity index (χ3n) is 5.39. The number of carbonyl (C=O) groups is 2. The summed E-state index contributed by atoms with van der Waals surface area (Å²) >= 11 is 0. The normalized spacial score (nSPS) is 15.6. The zero-order valence-corrected chi connectivity index (χ0v) is 16.9. The Morgan fingerprint density at radius 1 is 1.17 bits per heavy atom. The number of hydrogen-bond acceptors (Lipinski definition) is 3. The number of nitrogens with zero attached hydrogens (tertiary/aromatic N) is 1. The molecule has 0 bridgehead atoms. The van der Waals surface area contributed by atoms with E-state index < -0.39 is 0 Å². The Kier molecular flexibility index (Phi) is 6.86. The van der Waals surface area contributed by atoms with Crippen molar-refractivity contribution in [2.45, 2.75) is 26.2 Å². The van der Waals surface area contributed by atoms with Crippen LogP contribution < -0.4 is 10.1 Å². The van der Waals surface area contributed by atoms with E-state index in [0.29, 0.717) is 43.8 Å². The van der Waals surface area contributed by atoms with Gasteiger partial charge in [-0.05, 0) is 49.1 Å². The van der Waals surface area contributed by atoms with E-state index in [1.165, 1.54) is 12.1 Å². The number of hydrogen-bond donors (Lipinski definition) is 1. The van der Waals surface area contributed by atoms with E-state index in [1.54, 1.807) is 19.2 Å². The van der Waals surface area contributed by atoms with Crippen molar-refractivity contribution < 1.29 is 18.7 Å². The summed E-state index contributed by atoms with van der Waals surface area (Å²) in [5, 5.41) is 2.93. The molecule has 3 rings (SSSR count). The molecule has 1 saturated heterocycles. The van der Waals surface area contributed by atoms with Crippen molar-refractivity contribution in [3.8, 4) is 5.75 Å². The van der Waals surface area contributed by atoms with Gasteiger partial charge in [0, 0.05) is 24.9 Å². The van der Waals surface area contributed by atoms with E-state index in [0.717, 1.165) is 5.56 Å². The summed E-state index contributed by atoms with van der Waals surface area (Å²) in [6, 6.07) is 13.7. The van der Waals surface area contributed by atoms with E-state index in [9.17, 15) is 14.0 Å². The number of amides is 2. The fourth-order valence-corrected chi connectivity index (χ4v) is 3.76. The van der Waals surface area contributed by atoms with Crippen LogP contribution in [0, 0.1) is 17.7 Å². The van der Waals surface area contributed by atoms with Gasteiger partial charge in [-0.1, -0.05) is 31.2 Å². The highest BCUT2D eigenvalue weighted by Gasteiger charge is 2.29. The first-order valence-electron chi connectivity index (χ1n) is 9.95. The maximum atomic E-state index is 13.4. The number of likely N-dealkylation sites (tertiary alicyclic amines) is 1. The second-order valence-corrected chi connectivity index (χ2v) is 7.52. The lowest BCUT2D eigenvalue weighted by Gasteiger charge is -2.33. The molecule has 2 aromatic rings. The molecular formula is C23H27FN2O3. The van der Waals surface area contributed by atoms with Gasteiger partial charge in [0.15, 0.2) is 0 Å². The molecule has 0 radical (unpaired) electrons. The highest BCUT2D eigenvalue weighted by atomic mass is 19.1. The van der Waals surface area contributed by atoms with Crippen LogP contribution in [-0.2, 0) is 16.0 Å². The maximum absolute atomic E-state index is 13.4. The van der Waals surface area contributed by atoms with Gasteiger partial charge in [0.2, 0.25) is 11.8 Å². The molecule has 0 aliphatic carbocycles. The Labute approximate surface area is 170 Å². The number of methoxy groups -OCH3 is 1. The van der Waals surface area contributed by atoms with Gasteiger partial charge in [0.1, 0.15) is 11.6 Å². The van der Waals surface area contributed by atoms with Crippen LogP contribution in [0.15, 0.2) is 48.5 Å². The lowest BCUT2D eigenvalue weighted by molar-refractivity contribution is -0.137. The Bertz CT molecular complexity index is 863. The predicted octanol–water partition coefficient (Wildman–Crippen LogP) is 3.89. The fourth-order valence-electron chi connectivity index (χ4n) is 3.76. The number of carbonyl (C=O) groups excluding carboxylic acids is 2. The van der Waals surface area contributed by atoms with Gasteiger partial charge >= 0.3 is 0 Å². The molecule has 0 saturated carbocycles. The largest absolute Gasteiger partial charge is 0.495 e. The van der Waals surface area contributed by atoms with Gasteiger partial charge in [-0.3, -0.25) is 9.59 Å². The summed E-state index contributed by atoms with van der Waals surface area (Å²) in [5.74, 6) is -0.0193. The first-order valence-corrected chi connectivity index (χ1v) is 9.95. The average Bonchev–Trinajstić information content (AvgIpc) is 2.73. The summed E-state index contributed by atoms with van der Waals surface area (Å²) < 4.78 is 18.6. The monoisotopic (exact) mass is 398 g/mol. The first kappa shape index (κ1) is 20.8. The van der Waals surface area contributed by atoms with Crippen molar-refractivity contribution in [1.82, 2.24) is 4.90 Å². The van der Waals surface area contributed by atoms with E-state index in [-0.39, 0.29) is 29.5 Å². The van der Waals surface area contributed by atoms with E-state index in [1.807, 2.05) is 36.1 Å². The predicted molar refractivity (Wildman–Crippen MR) is 110 cm³/mol. The van der Waals surface area contributed by atoms with Crippen LogP contribution in [0.2, 0.25) is 0 Å². The van der Waals surface area contributed by atoms with Crippen molar-refractivity contribution in [2.75, 3.05) is 25.5 Å². The SMILES string of the molecule is COc1ccccc1NC(=O)C1CCN(C(=O)C(C)Cc2cccc(F)c2)CC1. The Hall–Kier alpha value is -2.89. The molecule has 154 valence electrons. The third-order valence-corrected chi connectivity index (χ3v) is 5.39. The minimum absolute atomic E-state index is 0.0468. The molecule has 2 amide bonds. The van der Waals surface area contributed by atoms with E-state index in [4.69, 9.17) is 4.74 Å². The van der Waals surface area contributed by atoms with Crippen molar-refractivity contribution in [3.05, 3.63) is 59.9 Å². The number of nitrogens with one attached hydrogen (secondary N) is 1. The van der Waals surface area contributed by atoms with Gasteiger partial charge in [-0.2, -0.15) is 0 Å². The zero-order valence-electron chi connectivity index (χ0n) is 16.9. The Morgan fingerprint density at radius 2 is 1.90 bits per heavy atom. The minimum Gasteiger partial charge on any atom is -0.495 e. The molecule has 0 aromatic heterocycles. The first-order chi connectivity index (χ1) is 14.0. The smallest absolute Gasteiger partial charge is 0.227 e. The van der Waals surface area contributed by atoms with Crippen LogP contribution >= 0.6 is 0 Å². The molecule has 1 atom stereocenters. The van der Waals surface area contributed by atoms with Crippen LogP contribution in [0.25, 0.3) is 0 Å². The quantitative estimate of drug-likeness (QED) is 0.803. The van der Waals surface area contributed by atoms with Crippen LogP contribution in [0.5, 0.6) is 5.75 Å². The van der Waals surface area contributed by atoms with Crippen molar-refractivity contribution in [1.29, 1.82) is 0 Å². The number of benzene rings is 2. The number of piperidine rings is 1. The Balaban J connectivity index is 1.51. The third kappa shape index (κ3) is 5.34. The lowest BCUT2D eigenvalue weighted by Crippen LogP contribution is -2.43. The zero-order chi connectivity index (χ0) is 20.8. The molecule has 6 heteroatoms. The standard InChI is InChI=1S/C23H27FN2O3/c1-16(14-17-6-5-7-19(24)15-17)23(28)26-12-10-18(11-13-26)22(27)25-20-8-3-4-9-21(20)29-2/h3-9,15-16,18H,10-14H2,1-2H3,(H,25,27). The molecule has 2 aromatic carbocycles. The number of para-hydroxylation sites is 2. The van der Waals surface area contributed by atoms with Gasteiger partial charge in [0.05, 0.1) is 12.8 Å². The second kappa shape index (κ2) is 9.54. The molecule has 1 aliphatic heterocycles. The van der Waals surface area contributed by atoms with Crippen molar-refractivity contribution in [2.24, 2.45) is 11.8 Å². The summed E-state index contributed by atoms with van der Waals surface area (Å²) in [5.41, 5.74) is 1.47. The highest BCUT2D eigenvalue weighted by molar-refractivity contribution is 5.94. The molecule has 0 spiro atoms. The highest BCUT2D eigenvalue weighted by Crippen LogP contribution is 2.26. The maximum Gasteiger partial charge on any atom is 0.227 e. The molecule has 1 unspecified atom stereocenters. The van der Waals surface area contributed by atoms with Crippen LogP contribution in [-0.4, -0.2) is 36.9 Å². The van der Waals surface area contributed by atoms with Gasteiger partial charge in [0.25, 0.3) is 0 Å². The number of rotatable bonds is 6. The fraction of sp³-hybridized carbons (Fsp3) is 0.391. The average molecular weight is 398 g/mol. The molecule has 1 N–H and O–H groups in total. The molecule has 29 heavy (non-hydrogen) atoms. The van der Waals surface area contributed by atoms with Crippen LogP contribution in [0.3, 0.4) is 0 Å². The molecule has 5 nitrogen and oxygen atoms in total. The molecule has 1 aliphatic rings. The topological polar surface area (TPSA) is 58.6 Å². The van der Waals surface area contributed by atoms with Crippen LogP contribution in [0.1, 0.15) is 25.3 Å². The van der Waals surface area contributed by atoms with Crippen molar-refractivity contribution in [3.63, 3.8) is 0 Å². The van der Waals surface area contributed by atoms with Crippen LogP contribution in [0.4, 0.5) is 10.1 Å². The van der Waals surface area contributed by atoms with Gasteiger partial charge in [-0.15, -0.1) is 0 Å². The van der Waals surface area contributed by atoms with E-state index >= 15 is 0 Å². The number of ether oxygens (including phenoxy) is 1. The van der Waals surface area contributed by atoms with Gasteiger partial charge in [-0.25, -0.2) is 4.39 Å². The van der Waals surface area contributed by atoms with Gasteiger partial charge < -0.3 is 15.0 Å². The second-order valence-electron chi connectivity index (χ2n) is 7.52.